The molecular formula is C23H26N2O4. The quantitative estimate of drug-likeness (QED) is 0.621. The van der Waals surface area contributed by atoms with Crippen LogP contribution in [-0.2, 0) is 0 Å². The molecule has 1 fully saturated rings. The molecule has 29 heavy (non-hydrogen) atoms. The summed E-state index contributed by atoms with van der Waals surface area (Å²) in [6.45, 7) is 5.90. The van der Waals surface area contributed by atoms with Crippen LogP contribution in [0.5, 0.6) is 5.75 Å². The average molecular weight is 394 g/mol. The average Bonchev–Trinajstić information content (AvgIpc) is 3.19. The molecule has 1 aliphatic rings. The van der Waals surface area contributed by atoms with Crippen LogP contribution in [0.4, 0.5) is 5.69 Å². The summed E-state index contributed by atoms with van der Waals surface area (Å²) in [5, 5.41) is 11.3. The zero-order valence-electron chi connectivity index (χ0n) is 16.6. The summed E-state index contributed by atoms with van der Waals surface area (Å²) in [5.74, 6) is 0.734. The minimum Gasteiger partial charge on any atom is -0.487 e. The number of aliphatic hydroxyl groups is 1. The Morgan fingerprint density at radius 1 is 1.10 bits per heavy atom. The number of ether oxygens (including phenoxy) is 1. The van der Waals surface area contributed by atoms with Crippen LogP contribution in [0.2, 0.25) is 0 Å². The second kappa shape index (κ2) is 8.68. The highest BCUT2D eigenvalue weighted by Crippen LogP contribution is 2.29. The SMILES string of the molecule is CC(=O)c1cc2cccc(OCC(O)CN3CCN(c4ccccc4)CC3)c2o1. The number of Topliss-reactive ketones (excluding diaryl/α,β-unsaturated/α-hetero) is 1. The van der Waals surface area contributed by atoms with Crippen molar-refractivity contribution >= 4 is 22.4 Å². The van der Waals surface area contributed by atoms with E-state index in [2.05, 4.69) is 34.1 Å². The van der Waals surface area contributed by atoms with E-state index in [-0.39, 0.29) is 12.4 Å². The Hall–Kier alpha value is -2.83. The maximum atomic E-state index is 11.5. The van der Waals surface area contributed by atoms with Gasteiger partial charge in [0.1, 0.15) is 12.7 Å². The highest BCUT2D eigenvalue weighted by molar-refractivity contribution is 5.97. The number of β-amino-alcohol motifs (C(OH)–C–C–N with tert-alkyl or cyclic N) is 1. The van der Waals surface area contributed by atoms with Crippen molar-refractivity contribution < 1.29 is 19.1 Å². The minimum absolute atomic E-state index is 0.123. The third-order valence-electron chi connectivity index (χ3n) is 5.25. The fourth-order valence-corrected chi connectivity index (χ4v) is 3.69. The van der Waals surface area contributed by atoms with Gasteiger partial charge in [0.25, 0.3) is 0 Å². The molecule has 152 valence electrons. The number of furan rings is 1. The third-order valence-corrected chi connectivity index (χ3v) is 5.25. The highest BCUT2D eigenvalue weighted by Gasteiger charge is 2.20. The molecule has 0 saturated carbocycles. The number of fused-ring (bicyclic) bond motifs is 1. The Labute approximate surface area is 170 Å². The molecular weight excluding hydrogens is 368 g/mol. The molecule has 1 unspecified atom stereocenters. The lowest BCUT2D eigenvalue weighted by molar-refractivity contribution is 0.0664. The van der Waals surface area contributed by atoms with Crippen molar-refractivity contribution in [3.05, 3.63) is 60.4 Å². The predicted molar refractivity (Wildman–Crippen MR) is 113 cm³/mol. The number of para-hydroxylation sites is 2. The Kier molecular flexibility index (Phi) is 5.83. The van der Waals surface area contributed by atoms with Crippen LogP contribution in [-0.4, -0.2) is 61.2 Å². The van der Waals surface area contributed by atoms with Gasteiger partial charge in [-0.15, -0.1) is 0 Å². The summed E-state index contributed by atoms with van der Waals surface area (Å²) in [6, 6.07) is 17.6. The van der Waals surface area contributed by atoms with Gasteiger partial charge in [0.2, 0.25) is 0 Å². The third kappa shape index (κ3) is 4.60. The number of anilines is 1. The molecule has 1 N–H and O–H groups in total. The highest BCUT2D eigenvalue weighted by atomic mass is 16.5. The van der Waals surface area contributed by atoms with E-state index in [1.165, 1.54) is 12.6 Å². The van der Waals surface area contributed by atoms with E-state index in [9.17, 15) is 9.90 Å². The van der Waals surface area contributed by atoms with Crippen LogP contribution in [0.25, 0.3) is 11.0 Å². The first kappa shape index (κ1) is 19.5. The van der Waals surface area contributed by atoms with E-state index < -0.39 is 6.10 Å². The van der Waals surface area contributed by atoms with Crippen LogP contribution < -0.4 is 9.64 Å². The molecule has 1 aromatic heterocycles. The number of hydrogen-bond acceptors (Lipinski definition) is 6. The summed E-state index contributed by atoms with van der Waals surface area (Å²) in [4.78, 5) is 16.2. The molecule has 2 aromatic carbocycles. The number of aliphatic hydroxyl groups excluding tert-OH is 1. The van der Waals surface area contributed by atoms with Crippen molar-refractivity contribution in [3.8, 4) is 5.75 Å². The molecule has 0 spiro atoms. The van der Waals surface area contributed by atoms with E-state index in [0.717, 1.165) is 31.6 Å². The van der Waals surface area contributed by atoms with Crippen molar-refractivity contribution in [2.75, 3.05) is 44.2 Å². The first-order chi connectivity index (χ1) is 14.1. The molecule has 6 nitrogen and oxygen atoms in total. The van der Waals surface area contributed by atoms with Gasteiger partial charge in [-0.1, -0.05) is 30.3 Å². The van der Waals surface area contributed by atoms with Crippen molar-refractivity contribution in [2.24, 2.45) is 0 Å². The van der Waals surface area contributed by atoms with Gasteiger partial charge in [0, 0.05) is 50.7 Å². The standard InChI is InChI=1S/C23H26N2O4/c1-17(26)22-14-18-6-5-9-21(23(18)29-22)28-16-20(27)15-24-10-12-25(13-11-24)19-7-3-2-4-8-19/h2-9,14,20,27H,10-13,15-16H2,1H3. The Bertz CT molecular complexity index is 961. The molecule has 0 bridgehead atoms. The number of carbonyl (C=O) groups is 1. The molecule has 0 radical (unpaired) electrons. The van der Waals surface area contributed by atoms with Crippen LogP contribution in [0, 0.1) is 0 Å². The molecule has 0 amide bonds. The van der Waals surface area contributed by atoms with E-state index in [1.54, 1.807) is 12.1 Å². The van der Waals surface area contributed by atoms with Crippen molar-refractivity contribution in [1.82, 2.24) is 4.90 Å². The van der Waals surface area contributed by atoms with Gasteiger partial charge < -0.3 is 19.2 Å². The summed E-state index contributed by atoms with van der Waals surface area (Å²) in [7, 11) is 0. The Morgan fingerprint density at radius 3 is 2.59 bits per heavy atom. The Morgan fingerprint density at radius 2 is 1.86 bits per heavy atom. The molecule has 1 saturated heterocycles. The van der Waals surface area contributed by atoms with E-state index in [4.69, 9.17) is 9.15 Å². The Balaban J connectivity index is 1.29. The largest absolute Gasteiger partial charge is 0.487 e. The van der Waals surface area contributed by atoms with Crippen molar-refractivity contribution in [2.45, 2.75) is 13.0 Å². The predicted octanol–water partition coefficient (Wildman–Crippen LogP) is 3.20. The lowest BCUT2D eigenvalue weighted by Gasteiger charge is -2.36. The van der Waals surface area contributed by atoms with Gasteiger partial charge in [-0.05, 0) is 24.3 Å². The summed E-state index contributed by atoms with van der Waals surface area (Å²) in [5.41, 5.74) is 1.79. The zero-order valence-corrected chi connectivity index (χ0v) is 16.6. The molecule has 1 atom stereocenters. The van der Waals surface area contributed by atoms with Gasteiger partial charge in [-0.2, -0.15) is 0 Å². The monoisotopic (exact) mass is 394 g/mol. The zero-order chi connectivity index (χ0) is 20.2. The fraction of sp³-hybridized carbons (Fsp3) is 0.348. The molecule has 6 heteroatoms. The lowest BCUT2D eigenvalue weighted by Crippen LogP contribution is -2.49. The second-order valence-corrected chi connectivity index (χ2v) is 7.43. The number of nitrogens with zero attached hydrogens (tertiary/aromatic N) is 2. The second-order valence-electron chi connectivity index (χ2n) is 7.43. The van der Waals surface area contributed by atoms with Gasteiger partial charge in [0.05, 0.1) is 0 Å². The number of carbonyl (C=O) groups excluding carboxylic acids is 1. The number of rotatable bonds is 7. The van der Waals surface area contributed by atoms with Crippen LogP contribution in [0.1, 0.15) is 17.5 Å². The van der Waals surface area contributed by atoms with Crippen molar-refractivity contribution in [1.29, 1.82) is 0 Å². The molecule has 0 aliphatic carbocycles. The van der Waals surface area contributed by atoms with Crippen LogP contribution >= 0.6 is 0 Å². The first-order valence-corrected chi connectivity index (χ1v) is 9.97. The van der Waals surface area contributed by atoms with E-state index >= 15 is 0 Å². The van der Waals surface area contributed by atoms with Crippen LogP contribution in [0.3, 0.4) is 0 Å². The number of piperazine rings is 1. The molecule has 2 heterocycles. The van der Waals surface area contributed by atoms with E-state index in [1.807, 2.05) is 18.2 Å². The van der Waals surface area contributed by atoms with Gasteiger partial charge >= 0.3 is 0 Å². The number of benzene rings is 2. The topological polar surface area (TPSA) is 66.2 Å². The summed E-state index contributed by atoms with van der Waals surface area (Å²) in [6.07, 6.45) is -0.601. The van der Waals surface area contributed by atoms with E-state index in [0.29, 0.717) is 23.6 Å². The maximum Gasteiger partial charge on any atom is 0.194 e. The van der Waals surface area contributed by atoms with Crippen LogP contribution in [0.15, 0.2) is 59.0 Å². The summed E-state index contributed by atoms with van der Waals surface area (Å²) < 4.78 is 11.4. The lowest BCUT2D eigenvalue weighted by atomic mass is 10.2. The molecule has 1 aliphatic heterocycles. The van der Waals surface area contributed by atoms with Crippen molar-refractivity contribution in [3.63, 3.8) is 0 Å². The van der Waals surface area contributed by atoms with Gasteiger partial charge in [-0.25, -0.2) is 0 Å². The minimum atomic E-state index is -0.601. The maximum absolute atomic E-state index is 11.5. The number of hydrogen-bond donors (Lipinski definition) is 1. The van der Waals surface area contributed by atoms with Gasteiger partial charge in [0.15, 0.2) is 22.9 Å². The fourth-order valence-electron chi connectivity index (χ4n) is 3.69. The molecule has 3 aromatic rings. The first-order valence-electron chi connectivity index (χ1n) is 9.97. The normalized spacial score (nSPS) is 16.1. The van der Waals surface area contributed by atoms with Gasteiger partial charge in [-0.3, -0.25) is 9.69 Å². The summed E-state index contributed by atoms with van der Waals surface area (Å²) >= 11 is 0. The number of ketones is 1. The molecule has 4 rings (SSSR count). The smallest absolute Gasteiger partial charge is 0.194 e.